The third-order valence-electron chi connectivity index (χ3n) is 2.63. The number of aliphatic hydroxyl groups is 1. The van der Waals surface area contributed by atoms with Gasteiger partial charge in [-0.15, -0.1) is 0 Å². The van der Waals surface area contributed by atoms with Gasteiger partial charge in [-0.05, 0) is 35.9 Å². The minimum Gasteiger partial charge on any atom is -0.489 e. The molecule has 0 aliphatic carbocycles. The predicted molar refractivity (Wildman–Crippen MR) is 75.9 cm³/mol. The monoisotopic (exact) mass is 263 g/mol. The molecule has 20 heavy (non-hydrogen) atoms. The number of hydrogen-bond acceptors (Lipinski definition) is 3. The van der Waals surface area contributed by atoms with Crippen molar-refractivity contribution >= 4 is 0 Å². The molecule has 0 aromatic heterocycles. The van der Waals surface area contributed by atoms with Crippen molar-refractivity contribution in [1.29, 1.82) is 5.26 Å². The molecule has 98 valence electrons. The third kappa shape index (κ3) is 3.88. The number of aliphatic hydroxyl groups excluding tert-OH is 1. The van der Waals surface area contributed by atoms with Crippen molar-refractivity contribution in [2.75, 3.05) is 6.61 Å². The standard InChI is InChI=1S/C17H13NO2/c18-12-16-3-1-5-17(11-16)20-13-15-8-6-14(7-9-15)4-2-10-19/h1,3,5-9,11,19H,10,13H2. The molecule has 0 aliphatic rings. The molecule has 0 unspecified atom stereocenters. The number of nitrogens with zero attached hydrogens (tertiary/aromatic N) is 1. The lowest BCUT2D eigenvalue weighted by molar-refractivity contribution is 0.306. The average Bonchev–Trinajstić information content (AvgIpc) is 2.52. The fraction of sp³-hybridized carbons (Fsp3) is 0.118. The highest BCUT2D eigenvalue weighted by Gasteiger charge is 1.98. The first-order chi connectivity index (χ1) is 9.81. The van der Waals surface area contributed by atoms with Crippen molar-refractivity contribution in [3.05, 3.63) is 65.2 Å². The van der Waals surface area contributed by atoms with E-state index in [1.807, 2.05) is 30.3 Å². The number of nitriles is 1. The van der Waals surface area contributed by atoms with Crippen molar-refractivity contribution in [2.45, 2.75) is 6.61 Å². The summed E-state index contributed by atoms with van der Waals surface area (Å²) in [4.78, 5) is 0. The quantitative estimate of drug-likeness (QED) is 0.865. The number of ether oxygens (including phenoxy) is 1. The van der Waals surface area contributed by atoms with Gasteiger partial charge in [0, 0.05) is 5.56 Å². The first-order valence-corrected chi connectivity index (χ1v) is 6.13. The van der Waals surface area contributed by atoms with Gasteiger partial charge >= 0.3 is 0 Å². The Morgan fingerprint density at radius 2 is 1.85 bits per heavy atom. The molecule has 0 spiro atoms. The van der Waals surface area contributed by atoms with E-state index in [-0.39, 0.29) is 6.61 Å². The molecule has 0 radical (unpaired) electrons. The van der Waals surface area contributed by atoms with Crippen molar-refractivity contribution in [2.24, 2.45) is 0 Å². The van der Waals surface area contributed by atoms with E-state index in [1.54, 1.807) is 18.2 Å². The Kier molecular flexibility index (Phi) is 4.78. The molecule has 0 aliphatic heterocycles. The van der Waals surface area contributed by atoms with Crippen LogP contribution in [-0.2, 0) is 6.61 Å². The third-order valence-corrected chi connectivity index (χ3v) is 2.63. The Labute approximate surface area is 118 Å². The average molecular weight is 263 g/mol. The zero-order valence-corrected chi connectivity index (χ0v) is 10.8. The summed E-state index contributed by atoms with van der Waals surface area (Å²) in [6.07, 6.45) is 0. The van der Waals surface area contributed by atoms with E-state index in [0.717, 1.165) is 11.1 Å². The predicted octanol–water partition coefficient (Wildman–Crippen LogP) is 2.48. The zero-order chi connectivity index (χ0) is 14.2. The maximum Gasteiger partial charge on any atom is 0.121 e. The molecule has 2 aromatic carbocycles. The van der Waals surface area contributed by atoms with Gasteiger partial charge in [-0.25, -0.2) is 0 Å². The summed E-state index contributed by atoms with van der Waals surface area (Å²) in [5.74, 6) is 6.11. The molecule has 3 heteroatoms. The molecule has 2 aromatic rings. The van der Waals surface area contributed by atoms with Gasteiger partial charge in [0.25, 0.3) is 0 Å². The summed E-state index contributed by atoms with van der Waals surface area (Å²) >= 11 is 0. The fourth-order valence-electron chi connectivity index (χ4n) is 1.65. The highest BCUT2D eigenvalue weighted by molar-refractivity contribution is 5.37. The van der Waals surface area contributed by atoms with Crippen LogP contribution in [0.2, 0.25) is 0 Å². The summed E-state index contributed by atoms with van der Waals surface area (Å²) in [6.45, 7) is 0.294. The second-order valence-electron chi connectivity index (χ2n) is 4.09. The van der Waals surface area contributed by atoms with Gasteiger partial charge < -0.3 is 9.84 Å². The Balaban J connectivity index is 1.98. The molecule has 2 rings (SSSR count). The number of hydrogen-bond donors (Lipinski definition) is 1. The van der Waals surface area contributed by atoms with E-state index in [0.29, 0.717) is 17.9 Å². The van der Waals surface area contributed by atoms with Crippen LogP contribution in [0.3, 0.4) is 0 Å². The normalized spacial score (nSPS) is 9.20. The molecule has 1 N–H and O–H groups in total. The lowest BCUT2D eigenvalue weighted by Gasteiger charge is -2.06. The molecular weight excluding hydrogens is 250 g/mol. The smallest absolute Gasteiger partial charge is 0.121 e. The Bertz CT molecular complexity index is 673. The molecule has 0 amide bonds. The Hall–Kier alpha value is -2.75. The largest absolute Gasteiger partial charge is 0.489 e. The van der Waals surface area contributed by atoms with Crippen molar-refractivity contribution in [1.82, 2.24) is 0 Å². The molecular formula is C17H13NO2. The van der Waals surface area contributed by atoms with Crippen molar-refractivity contribution < 1.29 is 9.84 Å². The summed E-state index contributed by atoms with van der Waals surface area (Å²) in [5, 5.41) is 17.4. The molecule has 0 saturated carbocycles. The van der Waals surface area contributed by atoms with Gasteiger partial charge in [-0.1, -0.05) is 30.0 Å². The molecule has 0 bridgehead atoms. The van der Waals surface area contributed by atoms with E-state index in [2.05, 4.69) is 17.9 Å². The van der Waals surface area contributed by atoms with Crippen LogP contribution in [0.25, 0.3) is 0 Å². The summed E-state index contributed by atoms with van der Waals surface area (Å²) < 4.78 is 5.63. The maximum atomic E-state index is 8.81. The van der Waals surface area contributed by atoms with Crippen LogP contribution >= 0.6 is 0 Å². The van der Waals surface area contributed by atoms with Gasteiger partial charge in [-0.2, -0.15) is 5.26 Å². The minimum absolute atomic E-state index is 0.139. The van der Waals surface area contributed by atoms with E-state index >= 15 is 0 Å². The first-order valence-electron chi connectivity index (χ1n) is 6.13. The molecule has 0 fully saturated rings. The molecule has 3 nitrogen and oxygen atoms in total. The van der Waals surface area contributed by atoms with E-state index in [4.69, 9.17) is 15.1 Å². The van der Waals surface area contributed by atoms with Crippen LogP contribution in [-0.4, -0.2) is 11.7 Å². The SMILES string of the molecule is N#Cc1cccc(OCc2ccc(C#CCO)cc2)c1. The van der Waals surface area contributed by atoms with Gasteiger partial charge in [0.05, 0.1) is 11.6 Å². The topological polar surface area (TPSA) is 53.2 Å². The van der Waals surface area contributed by atoms with Crippen molar-refractivity contribution in [3.8, 4) is 23.7 Å². The minimum atomic E-state index is -0.139. The molecule has 0 heterocycles. The highest BCUT2D eigenvalue weighted by atomic mass is 16.5. The van der Waals surface area contributed by atoms with Crippen LogP contribution in [0, 0.1) is 23.2 Å². The molecule has 0 atom stereocenters. The van der Waals surface area contributed by atoms with Crippen LogP contribution in [0.5, 0.6) is 5.75 Å². The van der Waals surface area contributed by atoms with Crippen LogP contribution in [0.4, 0.5) is 0 Å². The number of rotatable bonds is 3. The van der Waals surface area contributed by atoms with Gasteiger partial charge in [-0.3, -0.25) is 0 Å². The Morgan fingerprint density at radius 1 is 1.05 bits per heavy atom. The van der Waals surface area contributed by atoms with E-state index < -0.39 is 0 Å². The molecule has 0 saturated heterocycles. The highest BCUT2D eigenvalue weighted by Crippen LogP contribution is 2.14. The second kappa shape index (κ2) is 6.99. The van der Waals surface area contributed by atoms with Crippen LogP contribution in [0.1, 0.15) is 16.7 Å². The summed E-state index contributed by atoms with van der Waals surface area (Å²) in [5.41, 5.74) is 2.45. The second-order valence-corrected chi connectivity index (χ2v) is 4.09. The van der Waals surface area contributed by atoms with E-state index in [1.165, 1.54) is 0 Å². The van der Waals surface area contributed by atoms with Crippen molar-refractivity contribution in [3.63, 3.8) is 0 Å². The summed E-state index contributed by atoms with van der Waals surface area (Å²) in [6, 6.07) is 16.8. The van der Waals surface area contributed by atoms with Crippen LogP contribution < -0.4 is 4.74 Å². The van der Waals surface area contributed by atoms with Gasteiger partial charge in [0.1, 0.15) is 19.0 Å². The fourth-order valence-corrected chi connectivity index (χ4v) is 1.65. The zero-order valence-electron chi connectivity index (χ0n) is 10.8. The lowest BCUT2D eigenvalue weighted by Crippen LogP contribution is -1.95. The maximum absolute atomic E-state index is 8.81. The van der Waals surface area contributed by atoms with Gasteiger partial charge in [0.15, 0.2) is 0 Å². The Morgan fingerprint density at radius 3 is 2.55 bits per heavy atom. The summed E-state index contributed by atoms with van der Waals surface area (Å²) in [7, 11) is 0. The van der Waals surface area contributed by atoms with E-state index in [9.17, 15) is 0 Å². The van der Waals surface area contributed by atoms with Gasteiger partial charge in [0.2, 0.25) is 0 Å². The lowest BCUT2D eigenvalue weighted by atomic mass is 10.1. The first kappa shape index (κ1) is 13.7. The number of benzene rings is 2. The van der Waals surface area contributed by atoms with Crippen LogP contribution in [0.15, 0.2) is 48.5 Å².